The van der Waals surface area contributed by atoms with Gasteiger partial charge in [0.2, 0.25) is 0 Å². The second-order valence-electron chi connectivity index (χ2n) is 15.5. The number of hydrogen-bond donors (Lipinski definition) is 3. The van der Waals surface area contributed by atoms with Gasteiger partial charge in [0.15, 0.2) is 0 Å². The van der Waals surface area contributed by atoms with Crippen LogP contribution in [0.15, 0.2) is 163 Å². The van der Waals surface area contributed by atoms with Gasteiger partial charge in [-0.3, -0.25) is 0 Å². The number of aromatic nitrogens is 1. The molecule has 6 aromatic carbocycles. The molecule has 1 atom stereocenters. The Hall–Kier alpha value is -6.36. The van der Waals surface area contributed by atoms with Gasteiger partial charge in [0.1, 0.15) is 11.5 Å². The standard InChI is InChI=1S/C27H25NO.C14H14O2.C7H10.C7H8.C2H6/c1-3-19-9-11-26-24(15-19)25-17-23(29)10-12-27(25)28(26)22-14-18(2)13-21(16-22)20-7-5-4-6-8-20;1-9-3-5-11(15)7-13(9)14-8-12(16)6-4-10(14)2;2*1-7-5-3-2-4-6-7;1-2/h4-16,23,29H,3,17H2,1-2H3;3-8,15-16H,1-2H3;3,5-6H,2,4H2,1H3;2-6H,1H3;1-2H3. The smallest absolute Gasteiger partial charge is 0.116 e. The molecule has 0 saturated carbocycles. The van der Waals surface area contributed by atoms with Crippen molar-refractivity contribution in [1.29, 1.82) is 0 Å². The summed E-state index contributed by atoms with van der Waals surface area (Å²) in [4.78, 5) is 0. The summed E-state index contributed by atoms with van der Waals surface area (Å²) in [5.74, 6) is 0.478. The van der Waals surface area contributed by atoms with Crippen LogP contribution in [0.2, 0.25) is 0 Å². The molecule has 3 N–H and O–H groups in total. The van der Waals surface area contributed by atoms with Gasteiger partial charge in [-0.15, -0.1) is 0 Å². The maximum Gasteiger partial charge on any atom is 0.116 e. The molecule has 0 saturated heterocycles. The Morgan fingerprint density at radius 2 is 1.23 bits per heavy atom. The summed E-state index contributed by atoms with van der Waals surface area (Å²) in [5, 5.41) is 30.5. The minimum atomic E-state index is -0.413. The molecule has 0 aliphatic heterocycles. The molecule has 1 unspecified atom stereocenters. The van der Waals surface area contributed by atoms with Gasteiger partial charge in [-0.25, -0.2) is 0 Å². The predicted octanol–water partition coefficient (Wildman–Crippen LogP) is 14.8. The van der Waals surface area contributed by atoms with E-state index in [1.165, 1.54) is 74.1 Å². The fraction of sp³-hybridized carbons (Fsp3) is 0.228. The number of aromatic hydroxyl groups is 2. The monoisotopic (exact) mass is 809 g/mol. The Morgan fingerprint density at radius 1 is 0.607 bits per heavy atom. The van der Waals surface area contributed by atoms with Gasteiger partial charge in [0.25, 0.3) is 0 Å². The number of allylic oxidation sites excluding steroid dienone is 4. The highest BCUT2D eigenvalue weighted by Gasteiger charge is 2.22. The van der Waals surface area contributed by atoms with E-state index in [0.717, 1.165) is 28.7 Å². The molecule has 9 rings (SSSR count). The van der Waals surface area contributed by atoms with Crippen molar-refractivity contribution in [3.63, 3.8) is 0 Å². The Kier molecular flexibility index (Phi) is 16.7. The number of aliphatic hydroxyl groups is 1. The molecule has 2 aliphatic rings. The van der Waals surface area contributed by atoms with Crippen molar-refractivity contribution in [3.8, 4) is 39.4 Å². The molecule has 0 fully saturated rings. The first-order chi connectivity index (χ1) is 29.5. The zero-order chi connectivity index (χ0) is 43.9. The van der Waals surface area contributed by atoms with Gasteiger partial charge in [-0.2, -0.15) is 0 Å². The van der Waals surface area contributed by atoms with E-state index in [9.17, 15) is 15.3 Å². The van der Waals surface area contributed by atoms with E-state index in [4.69, 9.17) is 0 Å². The first-order valence-corrected chi connectivity index (χ1v) is 21.6. The summed E-state index contributed by atoms with van der Waals surface area (Å²) in [6.45, 7) is 16.5. The van der Waals surface area contributed by atoms with E-state index in [-0.39, 0.29) is 11.5 Å². The number of benzene rings is 6. The Balaban J connectivity index is 0.000000183. The molecule has 314 valence electrons. The maximum absolute atomic E-state index is 10.3. The maximum atomic E-state index is 10.3. The number of rotatable bonds is 4. The van der Waals surface area contributed by atoms with Crippen molar-refractivity contribution in [2.75, 3.05) is 0 Å². The third kappa shape index (κ3) is 12.3. The first-order valence-electron chi connectivity index (χ1n) is 21.6. The molecule has 0 amide bonds. The summed E-state index contributed by atoms with van der Waals surface area (Å²) in [6.07, 6.45) is 14.4. The molecule has 7 aromatic rings. The molecule has 0 bridgehead atoms. The van der Waals surface area contributed by atoms with Crippen molar-refractivity contribution in [3.05, 3.63) is 202 Å². The number of nitrogens with zero attached hydrogens (tertiary/aromatic N) is 1. The van der Waals surface area contributed by atoms with Crippen molar-refractivity contribution in [1.82, 2.24) is 4.57 Å². The third-order valence-corrected chi connectivity index (χ3v) is 10.8. The molecule has 0 radical (unpaired) electrons. The lowest BCUT2D eigenvalue weighted by atomic mass is 9.96. The highest BCUT2D eigenvalue weighted by molar-refractivity contribution is 5.91. The van der Waals surface area contributed by atoms with Crippen molar-refractivity contribution >= 4 is 17.0 Å². The zero-order valence-corrected chi connectivity index (χ0v) is 37.3. The normalized spacial score (nSPS) is 13.5. The summed E-state index contributed by atoms with van der Waals surface area (Å²) >= 11 is 0. The second-order valence-corrected chi connectivity index (χ2v) is 15.5. The van der Waals surface area contributed by atoms with Gasteiger partial charge in [0, 0.05) is 23.2 Å². The second kappa shape index (κ2) is 22.3. The largest absolute Gasteiger partial charge is 0.508 e. The van der Waals surface area contributed by atoms with E-state index in [1.807, 2.05) is 64.1 Å². The van der Waals surface area contributed by atoms with Crippen LogP contribution in [-0.4, -0.2) is 26.0 Å². The molecule has 4 nitrogen and oxygen atoms in total. The summed E-state index contributed by atoms with van der Waals surface area (Å²) in [7, 11) is 0. The van der Waals surface area contributed by atoms with Crippen LogP contribution in [0, 0.1) is 27.7 Å². The number of phenols is 2. The zero-order valence-electron chi connectivity index (χ0n) is 37.3. The van der Waals surface area contributed by atoms with E-state index in [2.05, 4.69) is 135 Å². The summed E-state index contributed by atoms with van der Waals surface area (Å²) in [5.41, 5.74) is 16.6. The molecule has 0 spiro atoms. The Bertz CT molecular complexity index is 2540. The van der Waals surface area contributed by atoms with E-state index < -0.39 is 6.10 Å². The van der Waals surface area contributed by atoms with E-state index in [1.54, 1.807) is 24.3 Å². The molecule has 1 heterocycles. The average molecular weight is 810 g/mol. The quantitative estimate of drug-likeness (QED) is 0.166. The molecule has 4 heteroatoms. The van der Waals surface area contributed by atoms with Crippen molar-refractivity contribution in [2.45, 2.75) is 87.2 Å². The van der Waals surface area contributed by atoms with Gasteiger partial charge in [0.05, 0.1) is 11.6 Å². The van der Waals surface area contributed by atoms with Gasteiger partial charge >= 0.3 is 0 Å². The van der Waals surface area contributed by atoms with Crippen molar-refractivity contribution < 1.29 is 15.3 Å². The lowest BCUT2D eigenvalue weighted by molar-refractivity contribution is 0.223. The number of phenolic OH excluding ortho intramolecular Hbond substituents is 2. The van der Waals surface area contributed by atoms with E-state index in [0.29, 0.717) is 6.42 Å². The van der Waals surface area contributed by atoms with Crippen LogP contribution >= 0.6 is 0 Å². The lowest BCUT2D eigenvalue weighted by Crippen LogP contribution is -2.12. The summed E-state index contributed by atoms with van der Waals surface area (Å²) < 4.78 is 2.35. The summed E-state index contributed by atoms with van der Waals surface area (Å²) in [6, 6.07) is 44.8. The Labute approximate surface area is 364 Å². The SMILES string of the molecule is CC.CC1=CCCC=C1.CCc1ccc2c(c1)c1c(n2-c2cc(C)cc(-c3ccccc3)c2)C=CC(O)C1.Cc1ccc(O)cc1-c1cc(O)ccc1C.Cc1ccccc1. The number of aryl methyl sites for hydroxylation is 5. The number of aliphatic hydroxyl groups excluding tert-OH is 1. The molecular weight excluding hydrogens is 747 g/mol. The van der Waals surface area contributed by atoms with Crippen LogP contribution in [-0.2, 0) is 12.8 Å². The van der Waals surface area contributed by atoms with E-state index >= 15 is 0 Å². The van der Waals surface area contributed by atoms with Crippen LogP contribution < -0.4 is 0 Å². The van der Waals surface area contributed by atoms with Crippen LogP contribution in [0.1, 0.15) is 79.6 Å². The molecule has 1 aromatic heterocycles. The number of hydrogen-bond acceptors (Lipinski definition) is 3. The molecule has 2 aliphatic carbocycles. The average Bonchev–Trinajstić information content (AvgIpc) is 3.60. The fourth-order valence-electron chi connectivity index (χ4n) is 7.56. The van der Waals surface area contributed by atoms with Crippen LogP contribution in [0.25, 0.3) is 44.9 Å². The van der Waals surface area contributed by atoms with Gasteiger partial charge in [-0.05, 0) is 159 Å². The third-order valence-electron chi connectivity index (χ3n) is 10.8. The van der Waals surface area contributed by atoms with Crippen molar-refractivity contribution in [2.24, 2.45) is 0 Å². The van der Waals surface area contributed by atoms with Crippen LogP contribution in [0.4, 0.5) is 0 Å². The van der Waals surface area contributed by atoms with Gasteiger partial charge < -0.3 is 19.9 Å². The number of fused-ring (bicyclic) bond motifs is 3. The molecular formula is C57H63NO3. The Morgan fingerprint density at radius 3 is 1.75 bits per heavy atom. The highest BCUT2D eigenvalue weighted by Crippen LogP contribution is 2.36. The first kappa shape index (κ1) is 45.7. The van der Waals surface area contributed by atoms with Crippen LogP contribution in [0.3, 0.4) is 0 Å². The minimum absolute atomic E-state index is 0.239. The lowest BCUT2D eigenvalue weighted by Gasteiger charge is -2.16. The molecule has 61 heavy (non-hydrogen) atoms. The van der Waals surface area contributed by atoms with Gasteiger partial charge in [-0.1, -0.05) is 141 Å². The highest BCUT2D eigenvalue weighted by atomic mass is 16.3. The minimum Gasteiger partial charge on any atom is -0.508 e. The fourth-order valence-corrected chi connectivity index (χ4v) is 7.56. The van der Waals surface area contributed by atoms with Crippen LogP contribution in [0.5, 0.6) is 11.5 Å². The predicted molar refractivity (Wildman–Crippen MR) is 261 cm³/mol. The topological polar surface area (TPSA) is 65.6 Å².